The van der Waals surface area contributed by atoms with Gasteiger partial charge in [0, 0.05) is 33.2 Å². The standard InChI is InChI=1S/C45H28N2O/c1-2-13-30(14-3-1)42-35-17-6-10-23-40(35)46-44(47-42)31-27-25-29(26-28-31)32-18-12-22-39-43(32)48-41-24-11-9-21-38(41)45(39)36-19-7-4-15-33(36)34-16-5-8-20-37(34)45/h1-28H. The van der Waals surface area contributed by atoms with Crippen molar-refractivity contribution in [3.05, 3.63) is 192 Å². The van der Waals surface area contributed by atoms with E-state index in [4.69, 9.17) is 14.7 Å². The summed E-state index contributed by atoms with van der Waals surface area (Å²) < 4.78 is 6.88. The summed E-state index contributed by atoms with van der Waals surface area (Å²) in [5.74, 6) is 2.49. The number of hydrogen-bond acceptors (Lipinski definition) is 3. The summed E-state index contributed by atoms with van der Waals surface area (Å²) in [6.07, 6.45) is 0. The second kappa shape index (κ2) is 10.3. The maximum Gasteiger partial charge on any atom is 0.160 e. The molecule has 3 nitrogen and oxygen atoms in total. The molecule has 0 saturated heterocycles. The van der Waals surface area contributed by atoms with Crippen LogP contribution in [0.1, 0.15) is 22.3 Å². The quantitative estimate of drug-likeness (QED) is 0.199. The van der Waals surface area contributed by atoms with Crippen molar-refractivity contribution >= 4 is 10.9 Å². The summed E-state index contributed by atoms with van der Waals surface area (Å²) in [5.41, 5.74) is 13.0. The number of para-hydroxylation sites is 3. The summed E-state index contributed by atoms with van der Waals surface area (Å²) in [7, 11) is 0. The molecule has 2 aliphatic rings. The molecular weight excluding hydrogens is 585 g/mol. The number of ether oxygens (including phenoxy) is 1. The molecular formula is C45H28N2O. The Hall–Kier alpha value is -6.32. The van der Waals surface area contributed by atoms with Gasteiger partial charge in [0.2, 0.25) is 0 Å². The molecule has 0 unspecified atom stereocenters. The lowest BCUT2D eigenvalue weighted by Gasteiger charge is -2.40. The van der Waals surface area contributed by atoms with Crippen LogP contribution in [0.4, 0.5) is 0 Å². The minimum absolute atomic E-state index is 0.486. The van der Waals surface area contributed by atoms with E-state index in [1.807, 2.05) is 18.2 Å². The van der Waals surface area contributed by atoms with Crippen LogP contribution >= 0.6 is 0 Å². The van der Waals surface area contributed by atoms with Crippen LogP contribution in [0, 0.1) is 0 Å². The molecule has 10 rings (SSSR count). The Morgan fingerprint density at radius 2 is 0.979 bits per heavy atom. The first-order valence-corrected chi connectivity index (χ1v) is 16.3. The van der Waals surface area contributed by atoms with Gasteiger partial charge in [-0.05, 0) is 39.9 Å². The lowest BCUT2D eigenvalue weighted by Crippen LogP contribution is -2.32. The highest BCUT2D eigenvalue weighted by Gasteiger charge is 2.51. The molecule has 2 heterocycles. The second-order valence-electron chi connectivity index (χ2n) is 12.5. The summed E-state index contributed by atoms with van der Waals surface area (Å²) in [6.45, 7) is 0. The largest absolute Gasteiger partial charge is 0.456 e. The van der Waals surface area contributed by atoms with Crippen molar-refractivity contribution in [1.82, 2.24) is 9.97 Å². The number of fused-ring (bicyclic) bond motifs is 10. The van der Waals surface area contributed by atoms with Gasteiger partial charge in [-0.3, -0.25) is 0 Å². The predicted molar refractivity (Wildman–Crippen MR) is 193 cm³/mol. The van der Waals surface area contributed by atoms with Gasteiger partial charge in [-0.25, -0.2) is 9.97 Å². The molecule has 3 heteroatoms. The normalized spacial score (nSPS) is 13.3. The van der Waals surface area contributed by atoms with E-state index in [1.165, 1.54) is 27.8 Å². The molecule has 1 spiro atoms. The van der Waals surface area contributed by atoms with E-state index >= 15 is 0 Å². The number of hydrogen-bond donors (Lipinski definition) is 0. The van der Waals surface area contributed by atoms with Crippen LogP contribution in [-0.4, -0.2) is 9.97 Å². The highest BCUT2D eigenvalue weighted by Crippen LogP contribution is 2.63. The monoisotopic (exact) mass is 612 g/mol. The van der Waals surface area contributed by atoms with Gasteiger partial charge < -0.3 is 4.74 Å². The van der Waals surface area contributed by atoms with E-state index in [0.29, 0.717) is 5.82 Å². The van der Waals surface area contributed by atoms with Gasteiger partial charge in [0.05, 0.1) is 16.6 Å². The van der Waals surface area contributed by atoms with E-state index in [-0.39, 0.29) is 0 Å². The molecule has 224 valence electrons. The van der Waals surface area contributed by atoms with Crippen LogP contribution in [0.3, 0.4) is 0 Å². The fourth-order valence-corrected chi connectivity index (χ4v) is 7.93. The van der Waals surface area contributed by atoms with Crippen molar-refractivity contribution in [3.8, 4) is 56.4 Å². The fraction of sp³-hybridized carbons (Fsp3) is 0.0222. The first-order chi connectivity index (χ1) is 23.8. The average molecular weight is 613 g/mol. The number of aromatic nitrogens is 2. The average Bonchev–Trinajstić information content (AvgIpc) is 3.45. The summed E-state index contributed by atoms with van der Waals surface area (Å²) in [6, 6.07) is 59.9. The van der Waals surface area contributed by atoms with Crippen molar-refractivity contribution in [3.63, 3.8) is 0 Å². The molecule has 0 bridgehead atoms. The molecule has 0 saturated carbocycles. The SMILES string of the molecule is c1ccc(-c2nc(-c3ccc(-c4cccc5c4Oc4ccccc4C54c5ccccc5-c5ccccc54)cc3)nc3ccccc23)cc1. The van der Waals surface area contributed by atoms with E-state index in [1.54, 1.807) is 0 Å². The van der Waals surface area contributed by atoms with Gasteiger partial charge in [-0.1, -0.05) is 158 Å². The molecule has 1 aliphatic carbocycles. The van der Waals surface area contributed by atoms with Crippen LogP contribution in [0.15, 0.2) is 170 Å². The van der Waals surface area contributed by atoms with Crippen molar-refractivity contribution in [2.24, 2.45) is 0 Å². The van der Waals surface area contributed by atoms with Crippen molar-refractivity contribution in [1.29, 1.82) is 0 Å². The third-order valence-corrected chi connectivity index (χ3v) is 9.98. The zero-order chi connectivity index (χ0) is 31.7. The first kappa shape index (κ1) is 26.9. The van der Waals surface area contributed by atoms with Gasteiger partial charge in [0.1, 0.15) is 11.5 Å². The number of nitrogens with zero attached hydrogens (tertiary/aromatic N) is 2. The van der Waals surface area contributed by atoms with Crippen LogP contribution < -0.4 is 4.74 Å². The third-order valence-electron chi connectivity index (χ3n) is 9.98. The van der Waals surface area contributed by atoms with E-state index < -0.39 is 5.41 Å². The molecule has 0 N–H and O–H groups in total. The zero-order valence-electron chi connectivity index (χ0n) is 26.0. The topological polar surface area (TPSA) is 35.0 Å². The highest BCUT2D eigenvalue weighted by molar-refractivity contribution is 5.94. The highest BCUT2D eigenvalue weighted by atomic mass is 16.5. The predicted octanol–water partition coefficient (Wildman–Crippen LogP) is 11.1. The Bertz CT molecular complexity index is 2490. The maximum absolute atomic E-state index is 6.88. The Labute approximate surface area is 278 Å². The van der Waals surface area contributed by atoms with Gasteiger partial charge in [0.15, 0.2) is 5.82 Å². The Kier molecular flexibility index (Phi) is 5.79. The molecule has 8 aromatic rings. The molecule has 1 aromatic heterocycles. The fourth-order valence-electron chi connectivity index (χ4n) is 7.93. The number of benzene rings is 7. The number of rotatable bonds is 3. The first-order valence-electron chi connectivity index (χ1n) is 16.3. The van der Waals surface area contributed by atoms with E-state index in [2.05, 4.69) is 152 Å². The van der Waals surface area contributed by atoms with Crippen molar-refractivity contribution in [2.45, 2.75) is 5.41 Å². The third kappa shape index (κ3) is 3.76. The second-order valence-corrected chi connectivity index (χ2v) is 12.5. The van der Waals surface area contributed by atoms with E-state index in [9.17, 15) is 0 Å². The lowest BCUT2D eigenvalue weighted by molar-refractivity contribution is 0.438. The van der Waals surface area contributed by atoms with Crippen molar-refractivity contribution in [2.75, 3.05) is 0 Å². The van der Waals surface area contributed by atoms with Crippen LogP contribution in [0.2, 0.25) is 0 Å². The lowest BCUT2D eigenvalue weighted by atomic mass is 9.65. The Morgan fingerprint density at radius 1 is 0.396 bits per heavy atom. The van der Waals surface area contributed by atoms with Crippen LogP contribution in [0.5, 0.6) is 11.5 Å². The molecule has 7 aromatic carbocycles. The Balaban J connectivity index is 1.14. The molecule has 0 radical (unpaired) electrons. The molecule has 48 heavy (non-hydrogen) atoms. The van der Waals surface area contributed by atoms with Gasteiger partial charge in [-0.15, -0.1) is 0 Å². The summed E-state index contributed by atoms with van der Waals surface area (Å²) >= 11 is 0. The van der Waals surface area contributed by atoms with Crippen molar-refractivity contribution < 1.29 is 4.74 Å². The van der Waals surface area contributed by atoms with Gasteiger partial charge in [0.25, 0.3) is 0 Å². The summed E-state index contributed by atoms with van der Waals surface area (Å²) in [5, 5.41) is 1.04. The Morgan fingerprint density at radius 3 is 1.75 bits per heavy atom. The molecule has 0 atom stereocenters. The molecule has 1 aliphatic heterocycles. The zero-order valence-corrected chi connectivity index (χ0v) is 26.0. The van der Waals surface area contributed by atoms with Gasteiger partial charge >= 0.3 is 0 Å². The van der Waals surface area contributed by atoms with E-state index in [0.717, 1.165) is 55.9 Å². The van der Waals surface area contributed by atoms with Crippen LogP contribution in [0.25, 0.3) is 55.8 Å². The van der Waals surface area contributed by atoms with Gasteiger partial charge in [-0.2, -0.15) is 0 Å². The minimum Gasteiger partial charge on any atom is -0.456 e. The molecule has 0 fully saturated rings. The van der Waals surface area contributed by atoms with Crippen LogP contribution in [-0.2, 0) is 5.41 Å². The smallest absolute Gasteiger partial charge is 0.160 e. The minimum atomic E-state index is -0.486. The maximum atomic E-state index is 6.88. The summed E-state index contributed by atoms with van der Waals surface area (Å²) in [4.78, 5) is 10.1. The molecule has 0 amide bonds.